The number of aliphatic hydroxyl groups excluding tert-OH is 1. The summed E-state index contributed by atoms with van der Waals surface area (Å²) in [6, 6.07) is 1.78. The summed E-state index contributed by atoms with van der Waals surface area (Å²) in [4.78, 5) is 3.79. The zero-order valence-corrected chi connectivity index (χ0v) is 7.78. The van der Waals surface area contributed by atoms with E-state index in [1.165, 1.54) is 6.33 Å². The van der Waals surface area contributed by atoms with E-state index in [4.69, 9.17) is 0 Å². The molecule has 14 heavy (non-hydrogen) atoms. The maximum absolute atomic E-state index is 9.74. The third kappa shape index (κ3) is 1.80. The van der Waals surface area contributed by atoms with E-state index in [-0.39, 0.29) is 0 Å². The van der Waals surface area contributed by atoms with E-state index in [9.17, 15) is 5.11 Å². The van der Waals surface area contributed by atoms with Crippen LogP contribution < -0.4 is 0 Å². The van der Waals surface area contributed by atoms with E-state index in [0.29, 0.717) is 12.2 Å². The summed E-state index contributed by atoms with van der Waals surface area (Å²) in [5, 5.41) is 17.7. The molecule has 0 aliphatic carbocycles. The Morgan fingerprint density at radius 3 is 3.00 bits per heavy atom. The molecule has 2 rings (SSSR count). The smallest absolute Gasteiger partial charge is 0.137 e. The molecule has 74 valence electrons. The van der Waals surface area contributed by atoms with Gasteiger partial charge in [0.15, 0.2) is 0 Å². The fourth-order valence-electron chi connectivity index (χ4n) is 1.21. The Morgan fingerprint density at radius 2 is 2.43 bits per heavy atom. The van der Waals surface area contributed by atoms with Crippen molar-refractivity contribution in [1.82, 2.24) is 24.5 Å². The molecule has 1 N–H and O–H groups in total. The summed E-state index contributed by atoms with van der Waals surface area (Å²) in [6.07, 6.45) is 4.15. The highest BCUT2D eigenvalue weighted by molar-refractivity contribution is 5.02. The molecule has 0 bridgehead atoms. The van der Waals surface area contributed by atoms with Crippen LogP contribution in [0.15, 0.2) is 24.9 Å². The van der Waals surface area contributed by atoms with Crippen LogP contribution in [0.25, 0.3) is 0 Å². The van der Waals surface area contributed by atoms with Crippen molar-refractivity contribution < 1.29 is 5.11 Å². The monoisotopic (exact) mass is 193 g/mol. The lowest BCUT2D eigenvalue weighted by Crippen LogP contribution is -2.10. The standard InChI is InChI=1S/C8H11N5O/c1-12-3-2-7(11-12)8(14)4-13-6-9-5-10-13/h2-3,5-6,8,14H,4H2,1H3. The second kappa shape index (κ2) is 3.59. The van der Waals surface area contributed by atoms with Crippen molar-refractivity contribution in [2.75, 3.05) is 0 Å². The van der Waals surface area contributed by atoms with Gasteiger partial charge in [0.1, 0.15) is 18.8 Å². The topological polar surface area (TPSA) is 68.8 Å². The SMILES string of the molecule is Cn1ccc(C(O)Cn2cncn2)n1. The Morgan fingerprint density at radius 1 is 1.57 bits per heavy atom. The van der Waals surface area contributed by atoms with Crippen LogP contribution in [0, 0.1) is 0 Å². The molecular weight excluding hydrogens is 182 g/mol. The summed E-state index contributed by atoms with van der Waals surface area (Å²) in [5.74, 6) is 0. The second-order valence-electron chi connectivity index (χ2n) is 3.05. The molecule has 0 aliphatic rings. The van der Waals surface area contributed by atoms with Gasteiger partial charge in [0.2, 0.25) is 0 Å². The highest BCUT2D eigenvalue weighted by Crippen LogP contribution is 2.10. The molecule has 0 fully saturated rings. The second-order valence-corrected chi connectivity index (χ2v) is 3.05. The zero-order valence-electron chi connectivity index (χ0n) is 7.78. The molecule has 6 heteroatoms. The van der Waals surface area contributed by atoms with E-state index < -0.39 is 6.10 Å². The summed E-state index contributed by atoms with van der Waals surface area (Å²) in [5.41, 5.74) is 0.642. The summed E-state index contributed by atoms with van der Waals surface area (Å²) < 4.78 is 3.22. The normalized spacial score (nSPS) is 13.0. The van der Waals surface area contributed by atoms with Crippen LogP contribution in [0.2, 0.25) is 0 Å². The Kier molecular flexibility index (Phi) is 2.28. The molecular formula is C8H11N5O. The van der Waals surface area contributed by atoms with E-state index in [2.05, 4.69) is 15.2 Å². The molecule has 0 aromatic carbocycles. The molecule has 2 aromatic rings. The van der Waals surface area contributed by atoms with Crippen molar-refractivity contribution >= 4 is 0 Å². The summed E-state index contributed by atoms with van der Waals surface area (Å²) >= 11 is 0. The zero-order chi connectivity index (χ0) is 9.97. The van der Waals surface area contributed by atoms with Crippen molar-refractivity contribution in [2.24, 2.45) is 7.05 Å². The molecule has 2 aromatic heterocycles. The highest BCUT2D eigenvalue weighted by atomic mass is 16.3. The van der Waals surface area contributed by atoms with Crippen LogP contribution in [-0.2, 0) is 13.6 Å². The van der Waals surface area contributed by atoms with E-state index in [0.717, 1.165) is 0 Å². The Labute approximate surface area is 80.8 Å². The van der Waals surface area contributed by atoms with Gasteiger partial charge in [-0.2, -0.15) is 10.2 Å². The molecule has 0 saturated carbocycles. The lowest BCUT2D eigenvalue weighted by molar-refractivity contribution is 0.146. The fraction of sp³-hybridized carbons (Fsp3) is 0.375. The van der Waals surface area contributed by atoms with Crippen molar-refractivity contribution in [1.29, 1.82) is 0 Å². The largest absolute Gasteiger partial charge is 0.385 e. The average Bonchev–Trinajstić information content (AvgIpc) is 2.75. The van der Waals surface area contributed by atoms with Gasteiger partial charge < -0.3 is 5.11 Å². The van der Waals surface area contributed by atoms with Crippen LogP contribution in [0.3, 0.4) is 0 Å². The van der Waals surface area contributed by atoms with Gasteiger partial charge in [0.25, 0.3) is 0 Å². The first-order chi connectivity index (χ1) is 6.75. The Bertz CT molecular complexity index is 394. The number of aliphatic hydroxyl groups is 1. The van der Waals surface area contributed by atoms with Crippen LogP contribution in [0.1, 0.15) is 11.8 Å². The van der Waals surface area contributed by atoms with Crippen LogP contribution in [0.5, 0.6) is 0 Å². The van der Waals surface area contributed by atoms with Gasteiger partial charge in [0, 0.05) is 13.2 Å². The lowest BCUT2D eigenvalue weighted by atomic mass is 10.2. The Balaban J connectivity index is 2.06. The number of nitrogens with zero attached hydrogens (tertiary/aromatic N) is 5. The summed E-state index contributed by atoms with van der Waals surface area (Å²) in [7, 11) is 1.81. The molecule has 0 radical (unpaired) electrons. The molecule has 2 heterocycles. The average molecular weight is 193 g/mol. The predicted molar refractivity (Wildman–Crippen MR) is 48.2 cm³/mol. The van der Waals surface area contributed by atoms with E-state index in [1.54, 1.807) is 28.0 Å². The molecule has 0 amide bonds. The number of hydrogen-bond acceptors (Lipinski definition) is 4. The maximum Gasteiger partial charge on any atom is 0.137 e. The molecule has 0 aliphatic heterocycles. The minimum absolute atomic E-state index is 0.372. The van der Waals surface area contributed by atoms with Crippen molar-refractivity contribution in [3.05, 3.63) is 30.6 Å². The highest BCUT2D eigenvalue weighted by Gasteiger charge is 2.11. The predicted octanol–water partition coefficient (Wildman–Crippen LogP) is -0.255. The number of aromatic nitrogens is 5. The van der Waals surface area contributed by atoms with Gasteiger partial charge in [0.05, 0.1) is 12.2 Å². The first-order valence-electron chi connectivity index (χ1n) is 4.26. The number of aryl methyl sites for hydroxylation is 1. The van der Waals surface area contributed by atoms with Gasteiger partial charge in [-0.1, -0.05) is 0 Å². The molecule has 1 unspecified atom stereocenters. The van der Waals surface area contributed by atoms with E-state index >= 15 is 0 Å². The van der Waals surface area contributed by atoms with Gasteiger partial charge in [-0.05, 0) is 6.07 Å². The third-order valence-electron chi connectivity index (χ3n) is 1.90. The quantitative estimate of drug-likeness (QED) is 0.729. The minimum Gasteiger partial charge on any atom is -0.385 e. The number of rotatable bonds is 3. The lowest BCUT2D eigenvalue weighted by Gasteiger charge is -2.06. The minimum atomic E-state index is -0.641. The van der Waals surface area contributed by atoms with Crippen LogP contribution in [0.4, 0.5) is 0 Å². The Hall–Kier alpha value is -1.69. The van der Waals surface area contributed by atoms with Crippen molar-refractivity contribution in [3.8, 4) is 0 Å². The number of hydrogen-bond donors (Lipinski definition) is 1. The molecule has 1 atom stereocenters. The van der Waals surface area contributed by atoms with Gasteiger partial charge in [-0.25, -0.2) is 9.67 Å². The molecule has 0 saturated heterocycles. The molecule has 6 nitrogen and oxygen atoms in total. The molecule has 0 spiro atoms. The van der Waals surface area contributed by atoms with Crippen LogP contribution in [-0.4, -0.2) is 29.7 Å². The van der Waals surface area contributed by atoms with Crippen molar-refractivity contribution in [3.63, 3.8) is 0 Å². The van der Waals surface area contributed by atoms with E-state index in [1.807, 2.05) is 7.05 Å². The van der Waals surface area contributed by atoms with Crippen LogP contribution >= 0.6 is 0 Å². The third-order valence-corrected chi connectivity index (χ3v) is 1.90. The summed E-state index contributed by atoms with van der Waals surface area (Å²) in [6.45, 7) is 0.372. The fourth-order valence-corrected chi connectivity index (χ4v) is 1.21. The van der Waals surface area contributed by atoms with Gasteiger partial charge >= 0.3 is 0 Å². The van der Waals surface area contributed by atoms with Crippen molar-refractivity contribution in [2.45, 2.75) is 12.6 Å². The first kappa shape index (κ1) is 8.89. The maximum atomic E-state index is 9.74. The first-order valence-corrected chi connectivity index (χ1v) is 4.26. The van der Waals surface area contributed by atoms with Gasteiger partial charge in [-0.3, -0.25) is 4.68 Å². The van der Waals surface area contributed by atoms with Gasteiger partial charge in [-0.15, -0.1) is 0 Å².